The minimum atomic E-state index is -0.00304. The molecule has 3 heteroatoms. The molecule has 0 atom stereocenters. The van der Waals surface area contributed by atoms with Crippen molar-refractivity contribution in [1.29, 1.82) is 0 Å². The monoisotopic (exact) mass is 358 g/mol. The zero-order valence-corrected chi connectivity index (χ0v) is 16.3. The second-order valence-corrected chi connectivity index (χ2v) is 6.89. The summed E-state index contributed by atoms with van der Waals surface area (Å²) in [6, 6.07) is 22.5. The summed E-state index contributed by atoms with van der Waals surface area (Å²) in [7, 11) is 0. The number of aromatic nitrogens is 1. The smallest absolute Gasteiger partial charge is 0.224 e. The predicted molar refractivity (Wildman–Crippen MR) is 111 cm³/mol. The summed E-state index contributed by atoms with van der Waals surface area (Å²) in [5.74, 6) is -0.00304. The van der Waals surface area contributed by atoms with Gasteiger partial charge in [0.05, 0.1) is 6.54 Å². The minimum absolute atomic E-state index is 0.00304. The average Bonchev–Trinajstić information content (AvgIpc) is 2.95. The maximum Gasteiger partial charge on any atom is 0.224 e. The fourth-order valence-corrected chi connectivity index (χ4v) is 3.41. The second kappa shape index (κ2) is 8.09. The van der Waals surface area contributed by atoms with Crippen LogP contribution in [0.5, 0.6) is 0 Å². The molecule has 0 unspecified atom stereocenters. The molecule has 1 heterocycles. The summed E-state index contributed by atoms with van der Waals surface area (Å²) < 4.78 is 2.27. The first-order chi connectivity index (χ1) is 13.0. The van der Waals surface area contributed by atoms with Crippen LogP contribution in [0.2, 0.25) is 0 Å². The lowest BCUT2D eigenvalue weighted by atomic mass is 10.1. The molecule has 1 aromatic heterocycles. The highest BCUT2D eigenvalue weighted by Gasteiger charge is 2.19. The van der Waals surface area contributed by atoms with E-state index in [9.17, 15) is 4.79 Å². The van der Waals surface area contributed by atoms with Crippen LogP contribution in [0.4, 0.5) is 0 Å². The number of nitrogens with zero attached hydrogens (tertiary/aromatic N) is 2. The van der Waals surface area contributed by atoms with E-state index in [1.54, 1.807) is 11.8 Å². The van der Waals surface area contributed by atoms with Crippen molar-refractivity contribution in [2.45, 2.75) is 33.9 Å². The Bertz CT molecular complexity index is 939. The second-order valence-electron chi connectivity index (χ2n) is 6.89. The number of carbonyl (C=O) groups is 1. The lowest BCUT2D eigenvalue weighted by molar-refractivity contribution is -0.126. The molecule has 138 valence electrons. The van der Waals surface area contributed by atoms with Crippen LogP contribution in [0.25, 0.3) is 5.70 Å². The molecule has 0 N–H and O–H groups in total. The van der Waals surface area contributed by atoms with Crippen LogP contribution in [-0.4, -0.2) is 15.4 Å². The minimum Gasteiger partial charge on any atom is -0.344 e. The quantitative estimate of drug-likeness (QED) is 0.596. The predicted octanol–water partition coefficient (Wildman–Crippen LogP) is 5.17. The fraction of sp³-hybridized carbons (Fsp3) is 0.208. The lowest BCUT2D eigenvalue weighted by Gasteiger charge is -2.24. The van der Waals surface area contributed by atoms with Gasteiger partial charge in [-0.15, -0.1) is 0 Å². The van der Waals surface area contributed by atoms with Gasteiger partial charge in [0, 0.05) is 36.1 Å². The van der Waals surface area contributed by atoms with Gasteiger partial charge in [0.25, 0.3) is 0 Å². The Morgan fingerprint density at radius 3 is 2.07 bits per heavy atom. The third kappa shape index (κ3) is 4.20. The number of rotatable bonds is 6. The summed E-state index contributed by atoms with van der Waals surface area (Å²) >= 11 is 0. The molecule has 0 saturated carbocycles. The molecule has 3 rings (SSSR count). The van der Waals surface area contributed by atoms with Gasteiger partial charge < -0.3 is 9.47 Å². The van der Waals surface area contributed by atoms with E-state index in [1.165, 1.54) is 5.56 Å². The van der Waals surface area contributed by atoms with Crippen molar-refractivity contribution in [3.8, 4) is 0 Å². The highest BCUT2D eigenvalue weighted by atomic mass is 16.2. The van der Waals surface area contributed by atoms with E-state index in [4.69, 9.17) is 0 Å². The van der Waals surface area contributed by atoms with Crippen molar-refractivity contribution < 1.29 is 4.79 Å². The molecule has 27 heavy (non-hydrogen) atoms. The van der Waals surface area contributed by atoms with Crippen LogP contribution in [-0.2, 0) is 17.9 Å². The van der Waals surface area contributed by atoms with Crippen molar-refractivity contribution >= 4 is 11.6 Å². The van der Waals surface area contributed by atoms with Gasteiger partial charge in [-0.1, -0.05) is 67.2 Å². The zero-order valence-electron chi connectivity index (χ0n) is 16.3. The van der Waals surface area contributed by atoms with Gasteiger partial charge in [0.2, 0.25) is 5.91 Å². The van der Waals surface area contributed by atoms with Gasteiger partial charge in [0.1, 0.15) is 0 Å². The Balaban J connectivity index is 1.89. The van der Waals surface area contributed by atoms with Crippen LogP contribution in [0.3, 0.4) is 0 Å². The Kier molecular flexibility index (Phi) is 5.60. The number of amides is 1. The molecular formula is C24H26N2O. The molecule has 0 radical (unpaired) electrons. The van der Waals surface area contributed by atoms with Gasteiger partial charge in [-0.05, 0) is 31.0 Å². The third-order valence-electron chi connectivity index (χ3n) is 4.96. The number of aryl methyl sites for hydroxylation is 1. The Hall–Kier alpha value is -3.07. The summed E-state index contributed by atoms with van der Waals surface area (Å²) in [5.41, 5.74) is 6.40. The number of carbonyl (C=O) groups excluding carboxylic acids is 1. The average molecular weight is 358 g/mol. The molecule has 0 aliphatic carbocycles. The highest BCUT2D eigenvalue weighted by Crippen LogP contribution is 2.27. The largest absolute Gasteiger partial charge is 0.344 e. The van der Waals surface area contributed by atoms with Crippen molar-refractivity contribution in [1.82, 2.24) is 9.47 Å². The first-order valence-electron chi connectivity index (χ1n) is 9.19. The van der Waals surface area contributed by atoms with Crippen molar-refractivity contribution in [2.24, 2.45) is 0 Å². The molecular weight excluding hydrogens is 332 g/mol. The normalized spacial score (nSPS) is 10.6. The van der Waals surface area contributed by atoms with Crippen LogP contribution >= 0.6 is 0 Å². The first-order valence-corrected chi connectivity index (χ1v) is 9.19. The van der Waals surface area contributed by atoms with E-state index in [-0.39, 0.29) is 5.91 Å². The van der Waals surface area contributed by atoms with Crippen molar-refractivity contribution in [2.75, 3.05) is 0 Å². The lowest BCUT2D eigenvalue weighted by Crippen LogP contribution is -2.26. The van der Waals surface area contributed by atoms with E-state index in [0.717, 1.165) is 34.8 Å². The van der Waals surface area contributed by atoms with Gasteiger partial charge in [-0.2, -0.15) is 0 Å². The fourth-order valence-electron chi connectivity index (χ4n) is 3.41. The Labute approximate surface area is 161 Å². The summed E-state index contributed by atoms with van der Waals surface area (Å²) in [4.78, 5) is 14.1. The number of hydrogen-bond acceptors (Lipinski definition) is 1. The van der Waals surface area contributed by atoms with E-state index in [2.05, 4.69) is 55.3 Å². The maximum absolute atomic E-state index is 12.3. The van der Waals surface area contributed by atoms with Gasteiger partial charge in [0.15, 0.2) is 0 Å². The highest BCUT2D eigenvalue weighted by molar-refractivity contribution is 5.85. The molecule has 0 saturated heterocycles. The van der Waals surface area contributed by atoms with Crippen LogP contribution in [0.15, 0.2) is 73.3 Å². The summed E-state index contributed by atoms with van der Waals surface area (Å²) in [6.45, 7) is 11.4. The van der Waals surface area contributed by atoms with E-state index in [1.807, 2.05) is 36.4 Å². The number of hydrogen-bond donors (Lipinski definition) is 0. The van der Waals surface area contributed by atoms with Crippen LogP contribution < -0.4 is 0 Å². The molecule has 1 amide bonds. The van der Waals surface area contributed by atoms with Crippen LogP contribution in [0.1, 0.15) is 35.0 Å². The Morgan fingerprint density at radius 2 is 1.52 bits per heavy atom. The molecule has 2 aromatic carbocycles. The third-order valence-corrected chi connectivity index (χ3v) is 4.96. The van der Waals surface area contributed by atoms with Gasteiger partial charge in [-0.25, -0.2) is 0 Å². The molecule has 3 aromatic rings. The summed E-state index contributed by atoms with van der Waals surface area (Å²) in [5, 5.41) is 0. The van der Waals surface area contributed by atoms with E-state index < -0.39 is 0 Å². The van der Waals surface area contributed by atoms with E-state index >= 15 is 0 Å². The van der Waals surface area contributed by atoms with Gasteiger partial charge >= 0.3 is 0 Å². The summed E-state index contributed by atoms with van der Waals surface area (Å²) in [6.07, 6.45) is 0. The standard InChI is InChI=1S/C24H26N2O/c1-18-15-24(19(2)25(18)16-22-11-7-5-8-12-22)20(3)26(21(4)27)17-23-13-9-6-10-14-23/h5-15H,3,16-17H2,1-2,4H3. The van der Waals surface area contributed by atoms with Gasteiger partial charge in [-0.3, -0.25) is 4.79 Å². The Morgan fingerprint density at radius 1 is 0.963 bits per heavy atom. The topological polar surface area (TPSA) is 25.2 Å². The van der Waals surface area contributed by atoms with Crippen LogP contribution in [0, 0.1) is 13.8 Å². The zero-order chi connectivity index (χ0) is 19.4. The first kappa shape index (κ1) is 18.7. The molecule has 0 aliphatic rings. The molecule has 0 bridgehead atoms. The molecule has 0 fully saturated rings. The SMILES string of the molecule is C=C(c1cc(C)n(Cc2ccccc2)c1C)N(Cc1ccccc1)C(C)=O. The molecule has 3 nitrogen and oxygen atoms in total. The van der Waals surface area contributed by atoms with Crippen molar-refractivity contribution in [3.05, 3.63) is 101 Å². The maximum atomic E-state index is 12.3. The molecule has 0 aliphatic heterocycles. The number of benzene rings is 2. The molecule has 0 spiro atoms. The van der Waals surface area contributed by atoms with E-state index in [0.29, 0.717) is 6.54 Å². The van der Waals surface area contributed by atoms with Crippen molar-refractivity contribution in [3.63, 3.8) is 0 Å².